The zero-order chi connectivity index (χ0) is 19.1. The largest absolute Gasteiger partial charge is 0.504 e. The van der Waals surface area contributed by atoms with Gasteiger partial charge in [0.15, 0.2) is 11.5 Å². The van der Waals surface area contributed by atoms with E-state index in [1.807, 2.05) is 6.92 Å². The van der Waals surface area contributed by atoms with E-state index in [0.717, 1.165) is 0 Å². The zero-order valence-corrected chi connectivity index (χ0v) is 15.3. The molecular formula is C18H22N4O3S. The summed E-state index contributed by atoms with van der Waals surface area (Å²) in [6, 6.07) is 6.96. The lowest BCUT2D eigenvalue weighted by atomic mass is 9.96. The molecule has 26 heavy (non-hydrogen) atoms. The maximum absolute atomic E-state index is 9.94. The second-order valence-electron chi connectivity index (χ2n) is 5.39. The van der Waals surface area contributed by atoms with Gasteiger partial charge in [0.05, 0.1) is 6.61 Å². The number of phenols is 1. The van der Waals surface area contributed by atoms with Gasteiger partial charge in [0.2, 0.25) is 0 Å². The second-order valence-corrected chi connectivity index (χ2v) is 6.47. The van der Waals surface area contributed by atoms with Crippen molar-refractivity contribution in [2.24, 2.45) is 5.73 Å². The highest BCUT2D eigenvalue weighted by molar-refractivity contribution is 7.99. The van der Waals surface area contributed by atoms with Crippen LogP contribution in [0.2, 0.25) is 0 Å². The average molecular weight is 374 g/mol. The van der Waals surface area contributed by atoms with Crippen molar-refractivity contribution in [3.05, 3.63) is 29.3 Å². The summed E-state index contributed by atoms with van der Waals surface area (Å²) >= 11 is 1.43. The van der Waals surface area contributed by atoms with Crippen LogP contribution in [0, 0.1) is 11.3 Å². The summed E-state index contributed by atoms with van der Waals surface area (Å²) in [5.41, 5.74) is 14.2. The lowest BCUT2D eigenvalue weighted by Gasteiger charge is -2.17. The predicted octanol–water partition coefficient (Wildman–Crippen LogP) is 2.24. The first-order chi connectivity index (χ1) is 12.6. The molecule has 0 radical (unpaired) electrons. The number of aromatic nitrogens is 1. The Morgan fingerprint density at radius 3 is 2.77 bits per heavy atom. The fraction of sp³-hybridized carbons (Fsp3) is 0.333. The van der Waals surface area contributed by atoms with Gasteiger partial charge in [-0.25, -0.2) is 4.98 Å². The number of nitrogens with zero attached hydrogens (tertiary/aromatic N) is 2. The van der Waals surface area contributed by atoms with Crippen molar-refractivity contribution in [1.82, 2.24) is 4.98 Å². The zero-order valence-electron chi connectivity index (χ0n) is 14.5. The molecule has 0 spiro atoms. The number of nitriles is 1. The molecule has 7 nitrogen and oxygen atoms in total. The summed E-state index contributed by atoms with van der Waals surface area (Å²) in [4.78, 5) is 4.33. The minimum absolute atomic E-state index is 0.0166. The summed E-state index contributed by atoms with van der Waals surface area (Å²) in [7, 11) is 0. The first-order valence-corrected chi connectivity index (χ1v) is 9.18. The summed E-state index contributed by atoms with van der Waals surface area (Å²) in [5.74, 6) is 1.11. The van der Waals surface area contributed by atoms with Crippen LogP contribution in [0.4, 0.5) is 5.82 Å². The SMILES string of the molecule is CCOc1cc(-c2c(C#N)c(N)nc(SCCCO)c2CN)ccc1O. The smallest absolute Gasteiger partial charge is 0.161 e. The minimum atomic E-state index is 0.0166. The molecule has 6 N–H and O–H groups in total. The Kier molecular flexibility index (Phi) is 7.09. The number of aliphatic hydroxyl groups excluding tert-OH is 1. The van der Waals surface area contributed by atoms with Gasteiger partial charge in [-0.1, -0.05) is 6.07 Å². The Hall–Kier alpha value is -2.47. The third kappa shape index (κ3) is 4.19. The van der Waals surface area contributed by atoms with E-state index in [-0.39, 0.29) is 30.3 Å². The number of hydrogen-bond acceptors (Lipinski definition) is 8. The quantitative estimate of drug-likeness (QED) is 0.407. The molecule has 0 aliphatic heterocycles. The van der Waals surface area contributed by atoms with Crippen LogP contribution in [0.1, 0.15) is 24.5 Å². The molecule has 0 atom stereocenters. The number of phenolic OH excluding ortho intramolecular Hbond substituents is 1. The van der Waals surface area contributed by atoms with Crippen LogP contribution < -0.4 is 16.2 Å². The summed E-state index contributed by atoms with van der Waals surface area (Å²) < 4.78 is 5.44. The van der Waals surface area contributed by atoms with Crippen LogP contribution in [0.3, 0.4) is 0 Å². The Bertz CT molecular complexity index is 821. The number of aliphatic hydroxyl groups is 1. The van der Waals surface area contributed by atoms with E-state index in [1.165, 1.54) is 17.8 Å². The van der Waals surface area contributed by atoms with Crippen molar-refractivity contribution in [3.8, 4) is 28.7 Å². The second kappa shape index (κ2) is 9.29. The van der Waals surface area contributed by atoms with E-state index < -0.39 is 0 Å². The number of aromatic hydroxyl groups is 1. The van der Waals surface area contributed by atoms with E-state index in [0.29, 0.717) is 46.2 Å². The number of ether oxygens (including phenoxy) is 1. The van der Waals surface area contributed by atoms with Crippen molar-refractivity contribution in [2.45, 2.75) is 24.9 Å². The van der Waals surface area contributed by atoms with Gasteiger partial charge in [-0.3, -0.25) is 0 Å². The number of pyridine rings is 1. The molecule has 2 aromatic rings. The normalized spacial score (nSPS) is 10.5. The third-order valence-electron chi connectivity index (χ3n) is 3.69. The number of anilines is 1. The maximum Gasteiger partial charge on any atom is 0.161 e. The van der Waals surface area contributed by atoms with Gasteiger partial charge < -0.3 is 26.4 Å². The van der Waals surface area contributed by atoms with Crippen molar-refractivity contribution < 1.29 is 14.9 Å². The van der Waals surface area contributed by atoms with Crippen molar-refractivity contribution in [1.29, 1.82) is 5.26 Å². The summed E-state index contributed by atoms with van der Waals surface area (Å²) in [5, 5.41) is 29.1. The highest BCUT2D eigenvalue weighted by Crippen LogP contribution is 2.39. The number of benzene rings is 1. The highest BCUT2D eigenvalue weighted by Gasteiger charge is 2.20. The number of thioether (sulfide) groups is 1. The summed E-state index contributed by atoms with van der Waals surface area (Å²) in [6.07, 6.45) is 0.610. The average Bonchev–Trinajstić information content (AvgIpc) is 2.63. The molecular weight excluding hydrogens is 352 g/mol. The fourth-order valence-electron chi connectivity index (χ4n) is 2.53. The predicted molar refractivity (Wildman–Crippen MR) is 102 cm³/mol. The third-order valence-corrected chi connectivity index (χ3v) is 4.80. The van der Waals surface area contributed by atoms with E-state index in [4.69, 9.17) is 21.3 Å². The lowest BCUT2D eigenvalue weighted by Crippen LogP contribution is -2.09. The molecule has 2 rings (SSSR count). The minimum Gasteiger partial charge on any atom is -0.504 e. The number of rotatable bonds is 8. The van der Waals surface area contributed by atoms with Crippen molar-refractivity contribution >= 4 is 17.6 Å². The Balaban J connectivity index is 2.65. The molecule has 1 heterocycles. The van der Waals surface area contributed by atoms with Crippen LogP contribution in [-0.2, 0) is 6.54 Å². The van der Waals surface area contributed by atoms with E-state index in [2.05, 4.69) is 11.1 Å². The van der Waals surface area contributed by atoms with Gasteiger partial charge in [-0.15, -0.1) is 11.8 Å². The number of hydrogen-bond donors (Lipinski definition) is 4. The van der Waals surface area contributed by atoms with E-state index in [9.17, 15) is 10.4 Å². The lowest BCUT2D eigenvalue weighted by molar-refractivity contribution is 0.296. The van der Waals surface area contributed by atoms with Crippen LogP contribution in [-0.4, -0.2) is 34.2 Å². The maximum atomic E-state index is 9.94. The van der Waals surface area contributed by atoms with E-state index in [1.54, 1.807) is 12.1 Å². The van der Waals surface area contributed by atoms with Crippen LogP contribution in [0.15, 0.2) is 23.2 Å². The molecule has 138 valence electrons. The van der Waals surface area contributed by atoms with Crippen LogP contribution in [0.5, 0.6) is 11.5 Å². The van der Waals surface area contributed by atoms with Gasteiger partial charge >= 0.3 is 0 Å². The molecule has 0 unspecified atom stereocenters. The molecule has 0 saturated carbocycles. The Morgan fingerprint density at radius 1 is 1.38 bits per heavy atom. The molecule has 0 saturated heterocycles. The van der Waals surface area contributed by atoms with Gasteiger partial charge in [-0.2, -0.15) is 5.26 Å². The van der Waals surface area contributed by atoms with Crippen LogP contribution in [0.25, 0.3) is 11.1 Å². The van der Waals surface area contributed by atoms with Gasteiger partial charge in [0.25, 0.3) is 0 Å². The Labute approximate surface area is 156 Å². The first-order valence-electron chi connectivity index (χ1n) is 8.19. The van der Waals surface area contributed by atoms with Crippen molar-refractivity contribution in [2.75, 3.05) is 24.7 Å². The summed E-state index contributed by atoms with van der Waals surface area (Å²) in [6.45, 7) is 2.47. The van der Waals surface area contributed by atoms with Gasteiger partial charge in [0.1, 0.15) is 22.5 Å². The molecule has 1 aromatic heterocycles. The monoisotopic (exact) mass is 374 g/mol. The topological polar surface area (TPSA) is 138 Å². The Morgan fingerprint density at radius 2 is 2.15 bits per heavy atom. The molecule has 0 aliphatic rings. The molecule has 0 bridgehead atoms. The van der Waals surface area contributed by atoms with Gasteiger partial charge in [0, 0.05) is 30.0 Å². The molecule has 8 heteroatoms. The van der Waals surface area contributed by atoms with Crippen molar-refractivity contribution in [3.63, 3.8) is 0 Å². The fourth-order valence-corrected chi connectivity index (χ4v) is 3.52. The van der Waals surface area contributed by atoms with E-state index >= 15 is 0 Å². The molecule has 1 aromatic carbocycles. The first kappa shape index (κ1) is 19.8. The number of nitrogens with two attached hydrogens (primary N) is 2. The highest BCUT2D eigenvalue weighted by atomic mass is 32.2. The molecule has 0 fully saturated rings. The van der Waals surface area contributed by atoms with Gasteiger partial charge in [-0.05, 0) is 31.0 Å². The number of nitrogen functional groups attached to an aromatic ring is 1. The molecule has 0 aliphatic carbocycles. The van der Waals surface area contributed by atoms with Crippen LogP contribution >= 0.6 is 11.8 Å². The standard InChI is InChI=1S/C18H22N4O3S/c1-2-25-15-8-11(4-5-14(15)24)16-12(9-19)17(21)22-18(13(16)10-20)26-7-3-6-23/h4-5,8,23-24H,2-3,6-7,10,20H2,1H3,(H2,21,22). The molecule has 0 amide bonds.